The molecule has 0 bridgehead atoms. The Bertz CT molecular complexity index is 1480. The van der Waals surface area contributed by atoms with Crippen LogP contribution in [0.1, 0.15) is 21.5 Å². The van der Waals surface area contributed by atoms with E-state index in [1.807, 2.05) is 6.07 Å². The van der Waals surface area contributed by atoms with Gasteiger partial charge in [0.2, 0.25) is 0 Å². The molecule has 1 fully saturated rings. The Hall–Kier alpha value is -4.10. The number of aromatic nitrogens is 3. The van der Waals surface area contributed by atoms with Crippen molar-refractivity contribution in [2.45, 2.75) is 18.6 Å². The van der Waals surface area contributed by atoms with Crippen molar-refractivity contribution in [1.82, 2.24) is 25.4 Å². The number of H-pyrrole nitrogens is 1. The molecule has 0 unspecified atom stereocenters. The van der Waals surface area contributed by atoms with Gasteiger partial charge in [0.25, 0.3) is 5.91 Å². The Kier molecular flexibility index (Phi) is 7.19. The van der Waals surface area contributed by atoms with Crippen LogP contribution < -0.4 is 16.0 Å². The number of anilines is 3. The number of alkyl halides is 5. The standard InChI is InChI=1S/C26H24F5N7O/c27-25(28,26(29,30)31)21-6-5-18(12-17(21)15-38-10-8-32-9-11-38)36-24(39)20-2-1-7-33-23(20)35-19-4-3-16-14-34-37-22(16)13-19/h1-7,12-14,32H,8-11,15H2,(H,33,35)(H,34,37)(H,36,39). The molecule has 3 heterocycles. The van der Waals surface area contributed by atoms with Gasteiger partial charge in [-0.05, 0) is 48.0 Å². The van der Waals surface area contributed by atoms with E-state index in [1.165, 1.54) is 18.3 Å². The lowest BCUT2D eigenvalue weighted by Gasteiger charge is -2.30. The van der Waals surface area contributed by atoms with Crippen LogP contribution in [0.2, 0.25) is 0 Å². The van der Waals surface area contributed by atoms with Crippen LogP contribution in [0.4, 0.5) is 39.1 Å². The summed E-state index contributed by atoms with van der Waals surface area (Å²) in [5, 5.41) is 16.5. The van der Waals surface area contributed by atoms with Gasteiger partial charge in [0.15, 0.2) is 0 Å². The monoisotopic (exact) mass is 545 g/mol. The molecule has 2 aromatic heterocycles. The van der Waals surface area contributed by atoms with Crippen LogP contribution in [-0.4, -0.2) is 58.3 Å². The Morgan fingerprint density at radius 1 is 1.00 bits per heavy atom. The molecule has 0 spiro atoms. The lowest BCUT2D eigenvalue weighted by Crippen LogP contribution is -2.43. The van der Waals surface area contributed by atoms with Crippen LogP contribution in [0.15, 0.2) is 60.9 Å². The molecule has 1 amide bonds. The Balaban J connectivity index is 1.41. The second kappa shape index (κ2) is 10.6. The van der Waals surface area contributed by atoms with Gasteiger partial charge in [0.05, 0.1) is 17.3 Å². The summed E-state index contributed by atoms with van der Waals surface area (Å²) in [4.78, 5) is 19.2. The molecule has 0 saturated carbocycles. The van der Waals surface area contributed by atoms with Crippen molar-refractivity contribution in [3.8, 4) is 0 Å². The number of benzene rings is 2. The first kappa shape index (κ1) is 26.5. The molecule has 39 heavy (non-hydrogen) atoms. The first-order valence-corrected chi connectivity index (χ1v) is 12.1. The summed E-state index contributed by atoms with van der Waals surface area (Å²) in [6.45, 7) is 2.03. The van der Waals surface area contributed by atoms with Crippen LogP contribution in [0.25, 0.3) is 10.9 Å². The molecule has 1 saturated heterocycles. The van der Waals surface area contributed by atoms with E-state index in [1.54, 1.807) is 29.3 Å². The number of piperazine rings is 1. The number of pyridine rings is 1. The fourth-order valence-corrected chi connectivity index (χ4v) is 4.41. The van der Waals surface area contributed by atoms with Crippen LogP contribution in [0.5, 0.6) is 0 Å². The lowest BCUT2D eigenvalue weighted by atomic mass is 9.99. The number of hydrogen-bond donors (Lipinski definition) is 4. The molecular weight excluding hydrogens is 521 g/mol. The number of nitrogens with zero attached hydrogens (tertiary/aromatic N) is 3. The molecule has 0 atom stereocenters. The highest BCUT2D eigenvalue weighted by atomic mass is 19.4. The van der Waals surface area contributed by atoms with E-state index < -0.39 is 23.6 Å². The molecule has 0 aliphatic carbocycles. The van der Waals surface area contributed by atoms with Crippen molar-refractivity contribution in [1.29, 1.82) is 0 Å². The topological polar surface area (TPSA) is 98.0 Å². The molecule has 4 aromatic rings. The molecule has 4 N–H and O–H groups in total. The maximum atomic E-state index is 14.4. The summed E-state index contributed by atoms with van der Waals surface area (Å²) in [7, 11) is 0. The fourth-order valence-electron chi connectivity index (χ4n) is 4.41. The van der Waals surface area contributed by atoms with Crippen molar-refractivity contribution >= 4 is 34.0 Å². The zero-order valence-corrected chi connectivity index (χ0v) is 20.4. The van der Waals surface area contributed by atoms with Crippen LogP contribution in [-0.2, 0) is 12.5 Å². The smallest absolute Gasteiger partial charge is 0.340 e. The van der Waals surface area contributed by atoms with E-state index in [0.717, 1.165) is 23.0 Å². The predicted octanol–water partition coefficient (Wildman–Crippen LogP) is 5.01. The van der Waals surface area contributed by atoms with Gasteiger partial charge in [-0.3, -0.25) is 14.8 Å². The van der Waals surface area contributed by atoms with E-state index in [4.69, 9.17) is 0 Å². The number of amides is 1. The van der Waals surface area contributed by atoms with Crippen LogP contribution in [0.3, 0.4) is 0 Å². The van der Waals surface area contributed by atoms with E-state index in [2.05, 4.69) is 31.1 Å². The number of fused-ring (bicyclic) bond motifs is 1. The Morgan fingerprint density at radius 2 is 1.77 bits per heavy atom. The summed E-state index contributed by atoms with van der Waals surface area (Å²) >= 11 is 0. The number of aromatic amines is 1. The molecule has 13 heteroatoms. The maximum Gasteiger partial charge on any atom is 0.458 e. The maximum absolute atomic E-state index is 14.4. The third kappa shape index (κ3) is 5.68. The number of hydrogen-bond acceptors (Lipinski definition) is 6. The van der Waals surface area contributed by atoms with Gasteiger partial charge in [-0.2, -0.15) is 27.1 Å². The number of rotatable bonds is 7. The third-order valence-electron chi connectivity index (χ3n) is 6.42. The van der Waals surface area contributed by atoms with Gasteiger partial charge in [-0.1, -0.05) is 6.07 Å². The second-order valence-electron chi connectivity index (χ2n) is 9.12. The van der Waals surface area contributed by atoms with Crippen molar-refractivity contribution in [2.75, 3.05) is 36.8 Å². The van der Waals surface area contributed by atoms with Gasteiger partial charge in [0, 0.05) is 61.2 Å². The molecule has 1 aliphatic heterocycles. The summed E-state index contributed by atoms with van der Waals surface area (Å²) < 4.78 is 68.5. The minimum Gasteiger partial charge on any atom is -0.340 e. The number of nitrogens with one attached hydrogen (secondary N) is 4. The van der Waals surface area contributed by atoms with E-state index >= 15 is 0 Å². The molecular formula is C26H24F5N7O. The zero-order chi connectivity index (χ0) is 27.6. The summed E-state index contributed by atoms with van der Waals surface area (Å²) in [6, 6.07) is 11.4. The van der Waals surface area contributed by atoms with Gasteiger partial charge >= 0.3 is 12.1 Å². The number of carbonyl (C=O) groups is 1. The van der Waals surface area contributed by atoms with Gasteiger partial charge in [0.1, 0.15) is 5.82 Å². The van der Waals surface area contributed by atoms with E-state index in [-0.39, 0.29) is 29.2 Å². The second-order valence-corrected chi connectivity index (χ2v) is 9.12. The van der Waals surface area contributed by atoms with Crippen LogP contribution >= 0.6 is 0 Å². The summed E-state index contributed by atoms with van der Waals surface area (Å²) in [6.07, 6.45) is -2.59. The fraction of sp³-hybridized carbons (Fsp3) is 0.269. The molecule has 204 valence electrons. The largest absolute Gasteiger partial charge is 0.458 e. The molecule has 1 aliphatic rings. The van der Waals surface area contributed by atoms with Crippen molar-refractivity contribution < 1.29 is 26.7 Å². The lowest BCUT2D eigenvalue weighted by molar-refractivity contribution is -0.289. The average molecular weight is 546 g/mol. The first-order chi connectivity index (χ1) is 18.6. The van der Waals surface area contributed by atoms with Crippen LogP contribution in [0, 0.1) is 0 Å². The SMILES string of the molecule is O=C(Nc1ccc(C(F)(F)C(F)(F)F)c(CN2CCNCC2)c1)c1cccnc1Nc1ccc2cn[nH]c2c1. The van der Waals surface area contributed by atoms with Gasteiger partial charge < -0.3 is 16.0 Å². The first-order valence-electron chi connectivity index (χ1n) is 12.1. The molecule has 5 rings (SSSR count). The predicted molar refractivity (Wildman–Crippen MR) is 136 cm³/mol. The molecule has 8 nitrogen and oxygen atoms in total. The molecule has 2 aromatic carbocycles. The number of halogens is 5. The molecule has 0 radical (unpaired) electrons. The van der Waals surface area contributed by atoms with Crippen molar-refractivity contribution in [2.24, 2.45) is 0 Å². The van der Waals surface area contributed by atoms with E-state index in [9.17, 15) is 26.7 Å². The van der Waals surface area contributed by atoms with E-state index in [0.29, 0.717) is 31.9 Å². The zero-order valence-electron chi connectivity index (χ0n) is 20.4. The number of carbonyl (C=O) groups excluding carboxylic acids is 1. The minimum atomic E-state index is -5.76. The summed E-state index contributed by atoms with van der Waals surface area (Å²) in [5.74, 6) is -5.43. The van der Waals surface area contributed by atoms with Gasteiger partial charge in [-0.15, -0.1) is 0 Å². The summed E-state index contributed by atoms with van der Waals surface area (Å²) in [5.41, 5.74) is 0.293. The van der Waals surface area contributed by atoms with Gasteiger partial charge in [-0.25, -0.2) is 4.98 Å². The highest BCUT2D eigenvalue weighted by Gasteiger charge is 2.59. The quantitative estimate of drug-likeness (QED) is 0.244. The normalized spacial score (nSPS) is 14.9. The van der Waals surface area contributed by atoms with Crippen molar-refractivity contribution in [3.63, 3.8) is 0 Å². The highest BCUT2D eigenvalue weighted by Crippen LogP contribution is 2.45. The minimum absolute atomic E-state index is 0.0838. The third-order valence-corrected chi connectivity index (χ3v) is 6.42. The Morgan fingerprint density at radius 3 is 2.54 bits per heavy atom. The average Bonchev–Trinajstić information content (AvgIpc) is 3.37. The Labute approximate surface area is 219 Å². The highest BCUT2D eigenvalue weighted by molar-refractivity contribution is 6.08. The van der Waals surface area contributed by atoms with Crippen molar-refractivity contribution in [3.05, 3.63) is 77.6 Å².